The van der Waals surface area contributed by atoms with E-state index in [4.69, 9.17) is 4.74 Å². The van der Waals surface area contributed by atoms with Gasteiger partial charge in [-0.3, -0.25) is 0 Å². The summed E-state index contributed by atoms with van der Waals surface area (Å²) in [6.45, 7) is 13.2. The Kier molecular flexibility index (Phi) is 13.4. The molecule has 0 heterocycles. The largest absolute Gasteiger partial charge is 0.378 e. The van der Waals surface area contributed by atoms with Crippen LogP contribution < -0.4 is 0 Å². The molecule has 0 aromatic rings. The van der Waals surface area contributed by atoms with Crippen molar-refractivity contribution >= 4 is 0 Å². The molecule has 2 saturated carbocycles. The fraction of sp³-hybridized carbons (Fsp3) is 0.943. The van der Waals surface area contributed by atoms with Crippen LogP contribution in [0.1, 0.15) is 163 Å². The molecule has 6 atom stereocenters. The second kappa shape index (κ2) is 16.0. The van der Waals surface area contributed by atoms with Gasteiger partial charge in [0.1, 0.15) is 0 Å². The van der Waals surface area contributed by atoms with Crippen molar-refractivity contribution in [1.29, 1.82) is 0 Å². The number of hydrogen-bond donors (Lipinski definition) is 0. The van der Waals surface area contributed by atoms with Crippen LogP contribution in [0.25, 0.3) is 0 Å². The number of hydrogen-bond acceptors (Lipinski definition) is 1. The van der Waals surface area contributed by atoms with Crippen molar-refractivity contribution in [2.75, 3.05) is 6.61 Å². The van der Waals surface area contributed by atoms with Crippen LogP contribution >= 0.6 is 0 Å². The van der Waals surface area contributed by atoms with Gasteiger partial charge in [-0.1, -0.05) is 110 Å². The highest BCUT2D eigenvalue weighted by atomic mass is 16.5. The van der Waals surface area contributed by atoms with Gasteiger partial charge >= 0.3 is 0 Å². The number of unbranched alkanes of at least 4 members (excludes halogenated alkanes) is 7. The van der Waals surface area contributed by atoms with Gasteiger partial charge in [0.15, 0.2) is 0 Å². The molecule has 0 amide bonds. The Hall–Kier alpha value is -0.300. The van der Waals surface area contributed by atoms with Crippen molar-refractivity contribution in [3.05, 3.63) is 11.6 Å². The smallest absolute Gasteiger partial charge is 0.0612 e. The topological polar surface area (TPSA) is 9.23 Å². The van der Waals surface area contributed by atoms with Crippen molar-refractivity contribution in [3.8, 4) is 0 Å². The summed E-state index contributed by atoms with van der Waals surface area (Å²) in [5.41, 5.74) is 2.24. The van der Waals surface area contributed by atoms with E-state index in [2.05, 4.69) is 40.7 Å². The Morgan fingerprint density at radius 2 is 1.69 bits per heavy atom. The van der Waals surface area contributed by atoms with Gasteiger partial charge in [-0.05, 0) is 99.7 Å². The molecule has 0 aromatic heterocycles. The average molecular weight is 501 g/mol. The van der Waals surface area contributed by atoms with Gasteiger partial charge in [0, 0.05) is 6.61 Å². The van der Waals surface area contributed by atoms with Gasteiger partial charge in [-0.15, -0.1) is 0 Å². The third kappa shape index (κ3) is 9.17. The second-order valence-corrected chi connectivity index (χ2v) is 14.1. The molecule has 0 radical (unpaired) electrons. The third-order valence-electron chi connectivity index (χ3n) is 10.9. The first-order valence-corrected chi connectivity index (χ1v) is 16.7. The first kappa shape index (κ1) is 30.2. The fourth-order valence-electron chi connectivity index (χ4n) is 8.55. The molecule has 3 aliphatic rings. The van der Waals surface area contributed by atoms with Crippen molar-refractivity contribution in [2.45, 2.75) is 169 Å². The Bertz CT molecular complexity index is 620. The van der Waals surface area contributed by atoms with E-state index in [1.54, 1.807) is 5.57 Å². The Labute approximate surface area is 227 Å². The summed E-state index contributed by atoms with van der Waals surface area (Å²) in [5, 5.41) is 0. The summed E-state index contributed by atoms with van der Waals surface area (Å²) in [7, 11) is 0. The number of rotatable bonds is 14. The summed E-state index contributed by atoms with van der Waals surface area (Å²) in [4.78, 5) is 0. The molecular weight excluding hydrogens is 436 g/mol. The molecule has 0 spiro atoms. The van der Waals surface area contributed by atoms with E-state index >= 15 is 0 Å². The minimum absolute atomic E-state index is 0.466. The molecule has 3 aliphatic carbocycles. The normalized spacial score (nSPS) is 34.7. The predicted molar refractivity (Wildman–Crippen MR) is 158 cm³/mol. The molecule has 1 nitrogen and oxygen atoms in total. The van der Waals surface area contributed by atoms with E-state index in [0.29, 0.717) is 11.5 Å². The molecule has 3 rings (SSSR count). The minimum atomic E-state index is 0.466. The van der Waals surface area contributed by atoms with E-state index in [-0.39, 0.29) is 0 Å². The summed E-state index contributed by atoms with van der Waals surface area (Å²) in [6, 6.07) is 0. The molecule has 0 aliphatic heterocycles. The summed E-state index contributed by atoms with van der Waals surface area (Å²) >= 11 is 0. The number of fused-ring (bicyclic) bond motifs is 3. The first-order valence-electron chi connectivity index (χ1n) is 16.7. The Morgan fingerprint density at radius 1 is 0.917 bits per heavy atom. The predicted octanol–water partition coefficient (Wildman–Crippen LogP) is 11.3. The van der Waals surface area contributed by atoms with Gasteiger partial charge in [0.2, 0.25) is 0 Å². The maximum absolute atomic E-state index is 6.47. The van der Waals surface area contributed by atoms with E-state index in [9.17, 15) is 0 Å². The van der Waals surface area contributed by atoms with Gasteiger partial charge in [-0.25, -0.2) is 0 Å². The molecule has 210 valence electrons. The number of ether oxygens (including phenoxy) is 1. The lowest BCUT2D eigenvalue weighted by Gasteiger charge is -2.49. The van der Waals surface area contributed by atoms with E-state index in [1.165, 1.54) is 128 Å². The molecular formula is C35H64O. The highest BCUT2D eigenvalue weighted by Gasteiger charge is 2.52. The zero-order valence-electron chi connectivity index (χ0n) is 25.3. The summed E-state index contributed by atoms with van der Waals surface area (Å²) < 4.78 is 6.47. The average Bonchev–Trinajstić information content (AvgIpc) is 3.18. The maximum atomic E-state index is 6.47. The SMILES string of the molecule is CCCCCCCCCO[C@H]1CCCC2CC[C@@]3(C)C(CC[C@@H]3CCCCC(C)C)C2C/C=C(\C)C1. The van der Waals surface area contributed by atoms with Crippen molar-refractivity contribution < 1.29 is 4.74 Å². The van der Waals surface area contributed by atoms with Gasteiger partial charge in [-0.2, -0.15) is 0 Å². The molecule has 0 bridgehead atoms. The highest BCUT2D eigenvalue weighted by Crippen LogP contribution is 2.61. The molecule has 0 aromatic carbocycles. The summed E-state index contributed by atoms with van der Waals surface area (Å²) in [5.74, 6) is 4.77. The van der Waals surface area contributed by atoms with E-state index in [0.717, 1.165) is 36.2 Å². The van der Waals surface area contributed by atoms with Crippen molar-refractivity contribution in [3.63, 3.8) is 0 Å². The molecule has 3 unspecified atom stereocenters. The molecule has 1 heteroatoms. The molecule has 2 fully saturated rings. The lowest BCUT2D eigenvalue weighted by atomic mass is 9.56. The van der Waals surface area contributed by atoms with Crippen molar-refractivity contribution in [2.24, 2.45) is 35.0 Å². The summed E-state index contributed by atoms with van der Waals surface area (Å²) in [6.07, 6.45) is 31.3. The molecule has 0 N–H and O–H groups in total. The second-order valence-electron chi connectivity index (χ2n) is 14.1. The lowest BCUT2D eigenvalue weighted by molar-refractivity contribution is 0.00146. The quantitative estimate of drug-likeness (QED) is 0.170. The standard InChI is InChI=1S/C35H64O/c1-6-7-8-9-10-11-14-26-36-32-19-15-17-30-24-25-35(5)31(18-13-12-16-28(2)3)21-23-34(35)33(30)22-20-29(4)27-32/h20,28,30-34H,6-19,21-27H2,1-5H3/b29-20+/t30?,31-,32-,33?,34?,35+/m0/s1. The minimum Gasteiger partial charge on any atom is -0.378 e. The Balaban J connectivity index is 1.47. The Morgan fingerprint density at radius 3 is 2.47 bits per heavy atom. The number of allylic oxidation sites excluding steroid dienone is 1. The fourth-order valence-corrected chi connectivity index (χ4v) is 8.55. The van der Waals surface area contributed by atoms with E-state index in [1.807, 2.05) is 0 Å². The van der Waals surface area contributed by atoms with Gasteiger partial charge in [0.05, 0.1) is 6.10 Å². The van der Waals surface area contributed by atoms with E-state index < -0.39 is 0 Å². The molecule has 0 saturated heterocycles. The van der Waals surface area contributed by atoms with Crippen LogP contribution in [0, 0.1) is 35.0 Å². The molecule has 36 heavy (non-hydrogen) atoms. The van der Waals surface area contributed by atoms with Gasteiger partial charge < -0.3 is 4.74 Å². The lowest BCUT2D eigenvalue weighted by Crippen LogP contribution is -2.41. The van der Waals surface area contributed by atoms with Crippen LogP contribution in [-0.2, 0) is 4.74 Å². The van der Waals surface area contributed by atoms with Crippen LogP contribution in [0.2, 0.25) is 0 Å². The van der Waals surface area contributed by atoms with Crippen LogP contribution in [0.5, 0.6) is 0 Å². The zero-order valence-corrected chi connectivity index (χ0v) is 25.3. The van der Waals surface area contributed by atoms with Crippen LogP contribution in [0.4, 0.5) is 0 Å². The third-order valence-corrected chi connectivity index (χ3v) is 10.9. The van der Waals surface area contributed by atoms with Crippen LogP contribution in [0.3, 0.4) is 0 Å². The van der Waals surface area contributed by atoms with Gasteiger partial charge in [0.25, 0.3) is 0 Å². The zero-order chi connectivity index (χ0) is 25.8. The monoisotopic (exact) mass is 500 g/mol. The highest BCUT2D eigenvalue weighted by molar-refractivity contribution is 5.07. The first-order chi connectivity index (χ1) is 17.4. The van der Waals surface area contributed by atoms with Crippen molar-refractivity contribution in [1.82, 2.24) is 0 Å². The van der Waals surface area contributed by atoms with Crippen LogP contribution in [-0.4, -0.2) is 12.7 Å². The maximum Gasteiger partial charge on any atom is 0.0612 e. The van der Waals surface area contributed by atoms with Crippen LogP contribution in [0.15, 0.2) is 11.6 Å².